The summed E-state index contributed by atoms with van der Waals surface area (Å²) in [4.78, 5) is 0. The van der Waals surface area contributed by atoms with Crippen molar-refractivity contribution in [3.05, 3.63) is 30.6 Å². The number of imidazole rings is 1. The molecule has 0 saturated heterocycles. The molecule has 0 amide bonds. The molecular weight excluding hydrogens is 264 g/mol. The molecule has 0 spiro atoms. The van der Waals surface area contributed by atoms with Crippen LogP contribution in [0, 0.1) is 0 Å². The molecule has 0 radical (unpaired) electrons. The molecule has 0 aliphatic heterocycles. The van der Waals surface area contributed by atoms with Gasteiger partial charge in [-0.1, -0.05) is 31.4 Å². The van der Waals surface area contributed by atoms with Gasteiger partial charge >= 0.3 is 0 Å². The molecule has 114 valence electrons. The van der Waals surface area contributed by atoms with E-state index in [1.54, 1.807) is 0 Å². The zero-order chi connectivity index (χ0) is 14.7. The Kier molecular flexibility index (Phi) is 4.56. The number of ether oxygens (including phenoxy) is 1. The van der Waals surface area contributed by atoms with E-state index >= 15 is 0 Å². The zero-order valence-corrected chi connectivity index (χ0v) is 12.7. The summed E-state index contributed by atoms with van der Waals surface area (Å²) < 4.78 is 10.1. The van der Waals surface area contributed by atoms with Crippen molar-refractivity contribution in [2.24, 2.45) is 7.05 Å². The van der Waals surface area contributed by atoms with E-state index in [0.29, 0.717) is 19.3 Å². The van der Waals surface area contributed by atoms with Crippen LogP contribution >= 0.6 is 0 Å². The molecular formula is C17H25N2O2+. The van der Waals surface area contributed by atoms with Gasteiger partial charge in [0.25, 0.3) is 0 Å². The van der Waals surface area contributed by atoms with Gasteiger partial charge in [-0.05, 0) is 25.0 Å². The van der Waals surface area contributed by atoms with Gasteiger partial charge in [-0.3, -0.25) is 0 Å². The number of aliphatic hydroxyl groups is 1. The number of aromatic nitrogens is 2. The second-order valence-electron chi connectivity index (χ2n) is 6.11. The first-order valence-corrected chi connectivity index (χ1v) is 7.97. The zero-order valence-electron chi connectivity index (χ0n) is 12.7. The predicted octanol–water partition coefficient (Wildman–Crippen LogP) is 2.18. The number of aliphatic hydroxyl groups excluding tert-OH is 1. The summed E-state index contributed by atoms with van der Waals surface area (Å²) in [5, 5.41) is 10.2. The van der Waals surface area contributed by atoms with Gasteiger partial charge in [0.05, 0.1) is 19.8 Å². The number of fused-ring (bicyclic) bond motifs is 1. The molecule has 1 saturated carbocycles. The second-order valence-corrected chi connectivity index (χ2v) is 6.11. The standard InChI is InChI=1S/C17H25N2O2/c1-18-13-19(17-10-6-5-9-16(17)18)11-14(20)12-21-15-7-3-2-4-8-15/h5-6,9-10,13-15,20H,2-4,7-8,11-12H2,1H3/q+1/t14-/m1/s1. The molecule has 1 fully saturated rings. The Bertz CT molecular complexity index is 587. The highest BCUT2D eigenvalue weighted by Crippen LogP contribution is 2.20. The summed E-state index contributed by atoms with van der Waals surface area (Å²) in [5.74, 6) is 0. The summed E-state index contributed by atoms with van der Waals surface area (Å²) in [6, 6.07) is 8.25. The first kappa shape index (κ1) is 14.5. The fourth-order valence-electron chi connectivity index (χ4n) is 3.24. The van der Waals surface area contributed by atoms with Crippen LogP contribution in [0.5, 0.6) is 0 Å². The lowest BCUT2D eigenvalue weighted by Crippen LogP contribution is -2.28. The molecule has 2 aromatic rings. The minimum atomic E-state index is -0.456. The molecule has 4 heteroatoms. The van der Waals surface area contributed by atoms with Crippen LogP contribution in [0.25, 0.3) is 11.0 Å². The van der Waals surface area contributed by atoms with Gasteiger partial charge in [0.1, 0.15) is 12.6 Å². The van der Waals surface area contributed by atoms with Gasteiger partial charge in [0.2, 0.25) is 6.33 Å². The Labute approximate surface area is 126 Å². The van der Waals surface area contributed by atoms with Gasteiger partial charge in [0, 0.05) is 0 Å². The summed E-state index contributed by atoms with van der Waals surface area (Å²) in [6.07, 6.45) is 8.08. The maximum absolute atomic E-state index is 10.2. The van der Waals surface area contributed by atoms with Crippen LogP contribution in [-0.4, -0.2) is 28.5 Å². The van der Waals surface area contributed by atoms with Crippen molar-refractivity contribution in [1.29, 1.82) is 0 Å². The maximum Gasteiger partial charge on any atom is 0.244 e. The number of hydrogen-bond acceptors (Lipinski definition) is 2. The third-order valence-corrected chi connectivity index (χ3v) is 4.37. The molecule has 1 heterocycles. The molecule has 1 aromatic heterocycles. The van der Waals surface area contributed by atoms with Crippen LogP contribution in [0.15, 0.2) is 30.6 Å². The SMILES string of the molecule is C[n+]1cn(C[C@@H](O)COC2CCCCC2)c2ccccc21. The van der Waals surface area contributed by atoms with Crippen molar-refractivity contribution in [3.63, 3.8) is 0 Å². The highest BCUT2D eigenvalue weighted by atomic mass is 16.5. The van der Waals surface area contributed by atoms with E-state index in [1.807, 2.05) is 25.5 Å². The highest BCUT2D eigenvalue weighted by Gasteiger charge is 2.19. The predicted molar refractivity (Wildman–Crippen MR) is 81.9 cm³/mol. The lowest BCUT2D eigenvalue weighted by molar-refractivity contribution is -0.645. The Hall–Kier alpha value is -1.39. The molecule has 3 rings (SSSR count). The quantitative estimate of drug-likeness (QED) is 0.857. The fourth-order valence-corrected chi connectivity index (χ4v) is 3.24. The number of hydrogen-bond donors (Lipinski definition) is 1. The first-order valence-electron chi connectivity index (χ1n) is 7.97. The van der Waals surface area contributed by atoms with E-state index in [1.165, 1.54) is 24.8 Å². The third kappa shape index (κ3) is 3.44. The van der Waals surface area contributed by atoms with Crippen molar-refractivity contribution >= 4 is 11.0 Å². The van der Waals surface area contributed by atoms with E-state index < -0.39 is 6.10 Å². The number of aryl methyl sites for hydroxylation is 1. The average molecular weight is 289 g/mol. The lowest BCUT2D eigenvalue weighted by atomic mass is 9.98. The minimum Gasteiger partial charge on any atom is -0.387 e. The van der Waals surface area contributed by atoms with Crippen LogP contribution in [0.1, 0.15) is 32.1 Å². The van der Waals surface area contributed by atoms with E-state index in [-0.39, 0.29) is 0 Å². The van der Waals surface area contributed by atoms with Crippen LogP contribution in [-0.2, 0) is 18.3 Å². The molecule has 1 atom stereocenters. The number of nitrogens with zero attached hydrogens (tertiary/aromatic N) is 2. The average Bonchev–Trinajstić information content (AvgIpc) is 2.83. The Morgan fingerprint density at radius 1 is 1.29 bits per heavy atom. The Morgan fingerprint density at radius 2 is 2.05 bits per heavy atom. The number of rotatable bonds is 5. The molecule has 1 N–H and O–H groups in total. The van der Waals surface area contributed by atoms with Crippen molar-refractivity contribution < 1.29 is 14.4 Å². The van der Waals surface area contributed by atoms with Gasteiger partial charge in [-0.2, -0.15) is 0 Å². The molecule has 0 bridgehead atoms. The largest absolute Gasteiger partial charge is 0.387 e. The number of benzene rings is 1. The van der Waals surface area contributed by atoms with Crippen molar-refractivity contribution in [2.45, 2.75) is 50.9 Å². The molecule has 4 nitrogen and oxygen atoms in total. The molecule has 21 heavy (non-hydrogen) atoms. The van der Waals surface area contributed by atoms with E-state index in [9.17, 15) is 5.11 Å². The first-order chi connectivity index (χ1) is 10.2. The summed E-state index contributed by atoms with van der Waals surface area (Å²) in [5.41, 5.74) is 2.33. The minimum absolute atomic E-state index is 0.353. The third-order valence-electron chi connectivity index (χ3n) is 4.37. The highest BCUT2D eigenvalue weighted by molar-refractivity contribution is 5.71. The molecule has 1 aliphatic rings. The normalized spacial score (nSPS) is 18.2. The van der Waals surface area contributed by atoms with Crippen LogP contribution in [0.3, 0.4) is 0 Å². The monoisotopic (exact) mass is 289 g/mol. The lowest BCUT2D eigenvalue weighted by Gasteiger charge is -2.23. The molecule has 0 unspecified atom stereocenters. The topological polar surface area (TPSA) is 38.3 Å². The maximum atomic E-state index is 10.2. The van der Waals surface area contributed by atoms with Crippen molar-refractivity contribution in [1.82, 2.24) is 4.57 Å². The van der Waals surface area contributed by atoms with E-state index in [4.69, 9.17) is 4.74 Å². The van der Waals surface area contributed by atoms with Gasteiger partial charge in [-0.25, -0.2) is 9.13 Å². The van der Waals surface area contributed by atoms with Gasteiger partial charge in [-0.15, -0.1) is 0 Å². The van der Waals surface area contributed by atoms with Crippen LogP contribution in [0.2, 0.25) is 0 Å². The summed E-state index contributed by atoms with van der Waals surface area (Å²) >= 11 is 0. The summed E-state index contributed by atoms with van der Waals surface area (Å²) in [7, 11) is 2.03. The smallest absolute Gasteiger partial charge is 0.244 e. The van der Waals surface area contributed by atoms with Crippen LogP contribution < -0.4 is 4.57 Å². The molecule has 1 aromatic carbocycles. The fraction of sp³-hybridized carbons (Fsp3) is 0.588. The Balaban J connectivity index is 1.59. The summed E-state index contributed by atoms with van der Waals surface area (Å²) in [6.45, 7) is 1.01. The van der Waals surface area contributed by atoms with E-state index in [2.05, 4.69) is 21.3 Å². The molecule has 1 aliphatic carbocycles. The number of para-hydroxylation sites is 2. The van der Waals surface area contributed by atoms with E-state index in [0.717, 1.165) is 18.4 Å². The second kappa shape index (κ2) is 6.58. The van der Waals surface area contributed by atoms with Crippen LogP contribution in [0.4, 0.5) is 0 Å². The van der Waals surface area contributed by atoms with Crippen molar-refractivity contribution in [3.8, 4) is 0 Å². The Morgan fingerprint density at radius 3 is 2.86 bits per heavy atom. The van der Waals surface area contributed by atoms with Gasteiger partial charge < -0.3 is 9.84 Å². The van der Waals surface area contributed by atoms with Crippen molar-refractivity contribution in [2.75, 3.05) is 6.61 Å². The van der Waals surface area contributed by atoms with Gasteiger partial charge in [0.15, 0.2) is 11.0 Å².